The fourth-order valence-electron chi connectivity index (χ4n) is 0.892. The molecule has 2 heteroatoms. The fraction of sp³-hybridized carbons (Fsp3) is 1.00. The van der Waals surface area contributed by atoms with Crippen LogP contribution in [-0.4, -0.2) is 11.2 Å². The van der Waals surface area contributed by atoms with Crippen LogP contribution in [-0.2, 0) is 21.2 Å². The Morgan fingerprint density at radius 2 is 1.08 bits per heavy atom. The molecule has 0 aromatic rings. The average Bonchev–Trinajstić information content (AvgIpc) is 1.86. The van der Waals surface area contributed by atoms with Crippen LogP contribution in [0.1, 0.15) is 54.4 Å². The summed E-state index contributed by atoms with van der Waals surface area (Å²) in [4.78, 5) is 0. The zero-order valence-corrected chi connectivity index (χ0v) is 10.1. The van der Waals surface area contributed by atoms with Crippen molar-refractivity contribution in [3.05, 3.63) is 0 Å². The largest absolute Gasteiger partial charge is 0.370 e. The van der Waals surface area contributed by atoms with Gasteiger partial charge < -0.3 is 4.74 Å². The van der Waals surface area contributed by atoms with Crippen molar-refractivity contribution in [1.29, 1.82) is 0 Å². The normalized spacial score (nSPS) is 12.5. The molecule has 12 heavy (non-hydrogen) atoms. The Hall–Kier alpha value is 0.454. The van der Waals surface area contributed by atoms with E-state index in [4.69, 9.17) is 4.74 Å². The van der Waals surface area contributed by atoms with E-state index in [1.54, 1.807) is 0 Å². The van der Waals surface area contributed by atoms with E-state index in [1.807, 2.05) is 0 Å². The van der Waals surface area contributed by atoms with E-state index in [0.29, 0.717) is 0 Å². The molecular weight excluding hydrogens is 195 g/mol. The molecule has 0 radical (unpaired) electrons. The van der Waals surface area contributed by atoms with Crippen LogP contribution < -0.4 is 0 Å². The maximum atomic E-state index is 5.92. The summed E-state index contributed by atoms with van der Waals surface area (Å²) in [7, 11) is 0. The molecule has 0 amide bonds. The summed E-state index contributed by atoms with van der Waals surface area (Å²) in [6.07, 6.45) is 2.13. The van der Waals surface area contributed by atoms with Gasteiger partial charge in [-0.05, 0) is 40.5 Å². The van der Waals surface area contributed by atoms with Gasteiger partial charge in [0.05, 0.1) is 11.2 Å². The van der Waals surface area contributed by atoms with Crippen LogP contribution >= 0.6 is 0 Å². The average molecular weight is 217 g/mol. The summed E-state index contributed by atoms with van der Waals surface area (Å²) >= 11 is 0. The molecule has 0 heterocycles. The number of rotatable bonds is 4. The molecule has 0 unspecified atom stereocenters. The van der Waals surface area contributed by atoms with Gasteiger partial charge >= 0.3 is 0 Å². The molecule has 0 aliphatic rings. The summed E-state index contributed by atoms with van der Waals surface area (Å²) in [6, 6.07) is 0. The topological polar surface area (TPSA) is 9.23 Å². The van der Waals surface area contributed by atoms with E-state index in [2.05, 4.69) is 41.5 Å². The maximum absolute atomic E-state index is 5.92. The maximum Gasteiger partial charge on any atom is 0.0631 e. The predicted molar refractivity (Wildman–Crippen MR) is 49.8 cm³/mol. The summed E-state index contributed by atoms with van der Waals surface area (Å²) < 4.78 is 5.92. The van der Waals surface area contributed by atoms with Gasteiger partial charge in [0.15, 0.2) is 0 Å². The first-order valence-electron chi connectivity index (χ1n) is 4.53. The van der Waals surface area contributed by atoms with Crippen LogP contribution in [0, 0.1) is 0 Å². The summed E-state index contributed by atoms with van der Waals surface area (Å²) in [5, 5.41) is 0. The Balaban J connectivity index is 0. The first-order valence-corrected chi connectivity index (χ1v) is 4.53. The standard InChI is InChI=1S/C10H22O.Ni/c1-7-9(3,4)11-10(5,6)8-2;/h7-8H2,1-6H3;. The van der Waals surface area contributed by atoms with Gasteiger partial charge in [-0.15, -0.1) is 0 Å². The van der Waals surface area contributed by atoms with E-state index in [0.717, 1.165) is 12.8 Å². The second-order valence-corrected chi connectivity index (χ2v) is 4.33. The van der Waals surface area contributed by atoms with Crippen LogP contribution in [0.25, 0.3) is 0 Å². The van der Waals surface area contributed by atoms with Crippen LogP contribution in [0.15, 0.2) is 0 Å². The SMILES string of the molecule is CCC(C)(C)OC(C)(C)CC.[Ni]. The quantitative estimate of drug-likeness (QED) is 0.655. The first kappa shape index (κ1) is 15.0. The van der Waals surface area contributed by atoms with Crippen LogP contribution in [0.2, 0.25) is 0 Å². The zero-order chi connectivity index (χ0) is 9.12. The molecule has 0 fully saturated rings. The molecule has 0 N–H and O–H groups in total. The third-order valence-corrected chi connectivity index (χ3v) is 2.26. The summed E-state index contributed by atoms with van der Waals surface area (Å²) in [6.45, 7) is 12.9. The zero-order valence-electron chi connectivity index (χ0n) is 9.14. The van der Waals surface area contributed by atoms with Crippen LogP contribution in [0.3, 0.4) is 0 Å². The molecule has 1 nitrogen and oxygen atoms in total. The minimum Gasteiger partial charge on any atom is -0.370 e. The third-order valence-electron chi connectivity index (χ3n) is 2.26. The van der Waals surface area contributed by atoms with Gasteiger partial charge in [0, 0.05) is 16.5 Å². The second-order valence-electron chi connectivity index (χ2n) is 4.33. The Labute approximate surface area is 87.2 Å². The third kappa shape index (κ3) is 6.02. The van der Waals surface area contributed by atoms with Crippen molar-refractivity contribution in [2.75, 3.05) is 0 Å². The Morgan fingerprint density at radius 1 is 0.833 bits per heavy atom. The molecule has 0 bridgehead atoms. The fourth-order valence-corrected chi connectivity index (χ4v) is 0.892. The molecule has 0 rings (SSSR count). The second kappa shape index (κ2) is 5.24. The van der Waals surface area contributed by atoms with Gasteiger partial charge in [-0.1, -0.05) is 13.8 Å². The van der Waals surface area contributed by atoms with E-state index in [-0.39, 0.29) is 27.7 Å². The molecular formula is C10H22NiO. The van der Waals surface area contributed by atoms with Gasteiger partial charge in [-0.2, -0.15) is 0 Å². The number of hydrogen-bond acceptors (Lipinski definition) is 1. The van der Waals surface area contributed by atoms with Crippen molar-refractivity contribution >= 4 is 0 Å². The molecule has 0 atom stereocenters. The molecule has 0 saturated carbocycles. The Bertz CT molecular complexity index is 105. The molecule has 0 aromatic heterocycles. The first-order chi connectivity index (χ1) is 4.83. The van der Waals surface area contributed by atoms with Crippen molar-refractivity contribution in [2.45, 2.75) is 65.6 Å². The predicted octanol–water partition coefficient (Wildman–Crippen LogP) is 3.38. The van der Waals surface area contributed by atoms with E-state index in [1.165, 1.54) is 0 Å². The van der Waals surface area contributed by atoms with Gasteiger partial charge in [-0.25, -0.2) is 0 Å². The van der Waals surface area contributed by atoms with E-state index < -0.39 is 0 Å². The van der Waals surface area contributed by atoms with E-state index in [9.17, 15) is 0 Å². The minimum atomic E-state index is 0. The van der Waals surface area contributed by atoms with Gasteiger partial charge in [0.2, 0.25) is 0 Å². The van der Waals surface area contributed by atoms with Gasteiger partial charge in [0.1, 0.15) is 0 Å². The molecule has 78 valence electrons. The molecule has 0 aliphatic carbocycles. The number of hydrogen-bond donors (Lipinski definition) is 0. The number of ether oxygens (including phenoxy) is 1. The van der Waals surface area contributed by atoms with Crippen molar-refractivity contribution in [1.82, 2.24) is 0 Å². The van der Waals surface area contributed by atoms with Gasteiger partial charge in [0.25, 0.3) is 0 Å². The van der Waals surface area contributed by atoms with Crippen molar-refractivity contribution in [3.63, 3.8) is 0 Å². The van der Waals surface area contributed by atoms with Gasteiger partial charge in [-0.3, -0.25) is 0 Å². The molecule has 0 aliphatic heterocycles. The van der Waals surface area contributed by atoms with Crippen molar-refractivity contribution in [2.24, 2.45) is 0 Å². The van der Waals surface area contributed by atoms with Crippen LogP contribution in [0.5, 0.6) is 0 Å². The Kier molecular flexibility index (Phi) is 6.53. The van der Waals surface area contributed by atoms with Crippen molar-refractivity contribution in [3.8, 4) is 0 Å². The van der Waals surface area contributed by atoms with Crippen molar-refractivity contribution < 1.29 is 21.2 Å². The Morgan fingerprint density at radius 3 is 1.25 bits per heavy atom. The molecule has 0 aromatic carbocycles. The minimum absolute atomic E-state index is 0. The summed E-state index contributed by atoms with van der Waals surface area (Å²) in [5.41, 5.74) is 0.0546. The smallest absolute Gasteiger partial charge is 0.0631 e. The summed E-state index contributed by atoms with van der Waals surface area (Å²) in [5.74, 6) is 0. The molecule has 0 spiro atoms. The van der Waals surface area contributed by atoms with E-state index >= 15 is 0 Å². The molecule has 0 saturated heterocycles. The monoisotopic (exact) mass is 216 g/mol. The van der Waals surface area contributed by atoms with Crippen LogP contribution in [0.4, 0.5) is 0 Å².